The van der Waals surface area contributed by atoms with Gasteiger partial charge in [-0.05, 0) is 271 Å². The van der Waals surface area contributed by atoms with Crippen molar-refractivity contribution >= 4 is 31.9 Å². The maximum absolute atomic E-state index is 4.22. The molecule has 4 aliphatic rings. The number of rotatable bonds is 60. The molecule has 0 radical (unpaired) electrons. The molecule has 0 N–H and O–H groups in total. The van der Waals surface area contributed by atoms with Crippen molar-refractivity contribution in [3.8, 4) is 44.5 Å². The van der Waals surface area contributed by atoms with E-state index in [9.17, 15) is 0 Å². The van der Waals surface area contributed by atoms with Crippen LogP contribution < -0.4 is 0 Å². The van der Waals surface area contributed by atoms with Crippen LogP contribution in [0, 0.1) is 0 Å². The molecule has 9 aromatic carbocycles. The van der Waals surface area contributed by atoms with Crippen LogP contribution in [0.2, 0.25) is 0 Å². The van der Waals surface area contributed by atoms with Gasteiger partial charge in [0.15, 0.2) is 0 Å². The third-order valence-corrected chi connectivity index (χ3v) is 31.9. The van der Waals surface area contributed by atoms with Crippen molar-refractivity contribution in [2.45, 2.75) is 437 Å². The maximum Gasteiger partial charge on any atom is 0.0714 e. The Kier molecular flexibility index (Phi) is 37.4. The Balaban J connectivity index is 1.13. The molecule has 13 rings (SSSR count). The lowest BCUT2D eigenvalue weighted by Crippen LogP contribution is -2.30. The van der Waals surface area contributed by atoms with Gasteiger partial charge >= 0.3 is 0 Å². The highest BCUT2D eigenvalue weighted by atomic mass is 79.9. The number of halogens is 2. The Bertz CT molecular complexity index is 4260. The summed E-state index contributed by atoms with van der Waals surface area (Å²) >= 11 is 8.44. The zero-order valence-electron chi connectivity index (χ0n) is 79.5. The summed E-state index contributed by atoms with van der Waals surface area (Å²) in [6.45, 7) is 18.9. The summed E-state index contributed by atoms with van der Waals surface area (Å²) in [5, 5.41) is 0. The molecule has 0 spiro atoms. The molecule has 666 valence electrons. The molecule has 0 amide bonds. The molecule has 2 heteroatoms. The van der Waals surface area contributed by atoms with Gasteiger partial charge in [-0.15, -0.1) is 0 Å². The SMILES string of the molecule is CCCCCCCCc1ccc(C2(c3ccc(CCCCCCCC)cc3)c3cc4c(cc3-c3cc5c(cc32)-c2cc3c(cc2C5(c2ccc(CCCCCCCC)cc2)c2ccc(CCCCCCCC)cc2)-c2ccc(Br)cc2C3(CCCCCCCC)CCCCCCCC)C(CCCCCCCC)(CCCCCCCC)c2cc(Br)ccc2-4)cc1. The second-order valence-corrected chi connectivity index (χ2v) is 41.6. The van der Waals surface area contributed by atoms with E-state index in [2.05, 4.69) is 257 Å². The Morgan fingerprint density at radius 2 is 0.347 bits per heavy atom. The third kappa shape index (κ3) is 22.0. The van der Waals surface area contributed by atoms with E-state index in [1.54, 1.807) is 22.3 Å². The summed E-state index contributed by atoms with van der Waals surface area (Å²) in [6, 6.07) is 74.5. The van der Waals surface area contributed by atoms with Crippen molar-refractivity contribution in [1.82, 2.24) is 0 Å². The van der Waals surface area contributed by atoms with Gasteiger partial charge in [-0.1, -0.05) is 479 Å². The van der Waals surface area contributed by atoms with Crippen molar-refractivity contribution in [2.75, 3.05) is 0 Å². The van der Waals surface area contributed by atoms with Crippen LogP contribution in [-0.2, 0) is 47.3 Å². The average Bonchev–Trinajstić information content (AvgIpc) is 1.50. The summed E-state index contributed by atoms with van der Waals surface area (Å²) in [7, 11) is 0. The second-order valence-electron chi connectivity index (χ2n) is 39.8. The van der Waals surface area contributed by atoms with E-state index in [1.165, 1.54) is 454 Å². The molecule has 0 atom stereocenters. The summed E-state index contributed by atoms with van der Waals surface area (Å²) < 4.78 is 2.43. The number of unbranched alkanes of at least 4 members (excludes halogenated alkanes) is 40. The minimum Gasteiger partial charge on any atom is -0.0654 e. The summed E-state index contributed by atoms with van der Waals surface area (Å²) in [6.07, 6.45) is 71.7. The highest BCUT2D eigenvalue weighted by Gasteiger charge is 2.55. The van der Waals surface area contributed by atoms with E-state index in [-0.39, 0.29) is 10.8 Å². The lowest BCUT2D eigenvalue weighted by atomic mass is 9.65. The van der Waals surface area contributed by atoms with Gasteiger partial charge in [0.25, 0.3) is 0 Å². The van der Waals surface area contributed by atoms with Gasteiger partial charge in [0.1, 0.15) is 0 Å². The smallest absolute Gasteiger partial charge is 0.0654 e. The first-order chi connectivity index (χ1) is 61.0. The monoisotopic (exact) mass is 1790 g/mol. The molecule has 124 heavy (non-hydrogen) atoms. The minimum absolute atomic E-state index is 0.129. The van der Waals surface area contributed by atoms with E-state index < -0.39 is 10.8 Å². The van der Waals surface area contributed by atoms with Gasteiger partial charge in [0, 0.05) is 19.8 Å². The van der Waals surface area contributed by atoms with E-state index in [0.717, 1.165) is 25.7 Å². The van der Waals surface area contributed by atoms with E-state index in [4.69, 9.17) is 0 Å². The third-order valence-electron chi connectivity index (χ3n) is 30.9. The lowest BCUT2D eigenvalue weighted by molar-refractivity contribution is 0.397. The molecular formula is C122H164Br2. The molecule has 0 fully saturated rings. The number of fused-ring (bicyclic) bond motifs is 12. The number of hydrogen-bond acceptors (Lipinski definition) is 0. The second kappa shape index (κ2) is 48.5. The molecule has 0 aliphatic heterocycles. The number of benzene rings is 9. The van der Waals surface area contributed by atoms with Crippen molar-refractivity contribution < 1.29 is 0 Å². The molecule has 0 saturated heterocycles. The first-order valence-corrected chi connectivity index (χ1v) is 54.2. The van der Waals surface area contributed by atoms with Crippen LogP contribution in [0.15, 0.2) is 179 Å². The largest absolute Gasteiger partial charge is 0.0714 e. The Hall–Kier alpha value is -6.06. The maximum atomic E-state index is 4.22. The van der Waals surface area contributed by atoms with Crippen LogP contribution in [0.25, 0.3) is 44.5 Å². The molecule has 0 bridgehead atoms. The lowest BCUT2D eigenvalue weighted by Gasteiger charge is -2.36. The predicted octanol–water partition coefficient (Wildman–Crippen LogP) is 39.1. The molecular weight excluding hydrogens is 1630 g/mol. The fraction of sp³-hybridized carbons (Fsp3) is 0.557. The molecule has 0 nitrogen and oxygen atoms in total. The molecule has 0 unspecified atom stereocenters. The highest BCUT2D eigenvalue weighted by molar-refractivity contribution is 9.10. The predicted molar refractivity (Wildman–Crippen MR) is 549 cm³/mol. The van der Waals surface area contributed by atoms with Crippen LogP contribution in [-0.4, -0.2) is 0 Å². The average molecular weight is 1790 g/mol. The Morgan fingerprint density at radius 1 is 0.169 bits per heavy atom. The van der Waals surface area contributed by atoms with Gasteiger partial charge in [-0.25, -0.2) is 0 Å². The van der Waals surface area contributed by atoms with Crippen LogP contribution in [0.3, 0.4) is 0 Å². The van der Waals surface area contributed by atoms with Crippen LogP contribution in [0.4, 0.5) is 0 Å². The van der Waals surface area contributed by atoms with Gasteiger partial charge in [-0.2, -0.15) is 0 Å². The van der Waals surface area contributed by atoms with Gasteiger partial charge in [0.2, 0.25) is 0 Å². The van der Waals surface area contributed by atoms with Gasteiger partial charge < -0.3 is 0 Å². The normalized spacial score (nSPS) is 14.3. The zero-order valence-corrected chi connectivity index (χ0v) is 82.7. The first-order valence-electron chi connectivity index (χ1n) is 52.6. The van der Waals surface area contributed by atoms with Crippen LogP contribution in [0.1, 0.15) is 478 Å². The standard InChI is InChI=1S/C122H164Br2/c1-9-17-25-33-41-49-57-93-61-69-97(70-62-93)121(98-71-63-94(64-72-98)58-50-42-34-26-18-10-2)115-89-105-103-79-77-101(123)85-111(103)119(81-53-45-37-29-21-13-5,82-54-46-38-30-22-14-6)113(105)87-107(115)109-92-118-110(91-117(109)121)108-88-114-106(104-80-78-102(124)86-112(104)120(114,83-55-47-39-31-23-15-7)84-56-48-40-32-24-16-8)90-116(108)122(118,99-73-65-95(66-74-99)59-51-43-35-27-19-11-3)100-75-67-96(68-76-100)60-52-44-36-28-20-12-4/h61-80,85-92H,9-60,81-84H2,1-8H3. The zero-order chi connectivity index (χ0) is 86.4. The van der Waals surface area contributed by atoms with Crippen molar-refractivity contribution in [3.63, 3.8) is 0 Å². The number of aryl methyl sites for hydroxylation is 4. The quantitative estimate of drug-likeness (QED) is 0.0333. The Labute approximate surface area is 774 Å². The molecule has 0 saturated carbocycles. The molecule has 0 aromatic heterocycles. The van der Waals surface area contributed by atoms with Crippen molar-refractivity contribution in [2.24, 2.45) is 0 Å². The van der Waals surface area contributed by atoms with E-state index >= 15 is 0 Å². The fourth-order valence-electron chi connectivity index (χ4n) is 23.9. The van der Waals surface area contributed by atoms with Gasteiger partial charge in [0.05, 0.1) is 10.8 Å². The molecule has 0 heterocycles. The van der Waals surface area contributed by atoms with E-state index in [1.807, 2.05) is 0 Å². The summed E-state index contributed by atoms with van der Waals surface area (Å²) in [4.78, 5) is 0. The topological polar surface area (TPSA) is 0 Å². The Morgan fingerprint density at radius 3 is 0.565 bits per heavy atom. The van der Waals surface area contributed by atoms with Crippen molar-refractivity contribution in [1.29, 1.82) is 0 Å². The van der Waals surface area contributed by atoms with Crippen LogP contribution in [0.5, 0.6) is 0 Å². The van der Waals surface area contributed by atoms with Crippen molar-refractivity contribution in [3.05, 3.63) is 268 Å². The summed E-state index contributed by atoms with van der Waals surface area (Å²) in [5.74, 6) is 0. The van der Waals surface area contributed by atoms with Gasteiger partial charge in [-0.3, -0.25) is 0 Å². The molecule has 4 aliphatic carbocycles. The minimum atomic E-state index is -0.661. The highest BCUT2D eigenvalue weighted by Crippen LogP contribution is 2.68. The fourth-order valence-corrected chi connectivity index (χ4v) is 24.6. The van der Waals surface area contributed by atoms with Crippen LogP contribution >= 0.6 is 31.9 Å². The number of hydrogen-bond donors (Lipinski definition) is 0. The van der Waals surface area contributed by atoms with E-state index in [0.29, 0.717) is 0 Å². The molecule has 9 aromatic rings. The summed E-state index contributed by atoms with van der Waals surface area (Å²) in [5.41, 5.74) is 33.8. The first kappa shape index (κ1) is 95.5.